The minimum Gasteiger partial charge on any atom is -0.376 e. The van der Waals surface area contributed by atoms with Crippen molar-refractivity contribution in [3.8, 4) is 0 Å². The van der Waals surface area contributed by atoms with Crippen molar-refractivity contribution in [2.45, 2.75) is 63.6 Å². The first-order chi connectivity index (χ1) is 10.6. The highest BCUT2D eigenvalue weighted by Gasteiger charge is 2.49. The molecule has 1 aliphatic carbocycles. The van der Waals surface area contributed by atoms with E-state index in [1.165, 1.54) is 25.7 Å². The molecule has 1 saturated carbocycles. The van der Waals surface area contributed by atoms with Crippen LogP contribution in [0.1, 0.15) is 39.5 Å². The standard InChI is InChI=1S/C17H29NO4/c1-16(2)21-12-14(22-16)13-10-18(7-9-19-13)11-15-17(4-3-5-17)6-8-20-15/h13-15H,3-12H2,1-2H3/t13-,14-,15?/m0/s1. The summed E-state index contributed by atoms with van der Waals surface area (Å²) in [5.41, 5.74) is 0.503. The number of ether oxygens (including phenoxy) is 4. The maximum Gasteiger partial charge on any atom is 0.163 e. The molecule has 0 bridgehead atoms. The molecule has 3 saturated heterocycles. The van der Waals surface area contributed by atoms with E-state index in [2.05, 4.69) is 4.90 Å². The van der Waals surface area contributed by atoms with Gasteiger partial charge in [-0.1, -0.05) is 6.42 Å². The quantitative estimate of drug-likeness (QED) is 0.795. The Labute approximate surface area is 133 Å². The summed E-state index contributed by atoms with van der Waals surface area (Å²) in [4.78, 5) is 2.51. The van der Waals surface area contributed by atoms with E-state index in [0.717, 1.165) is 32.8 Å². The summed E-state index contributed by atoms with van der Waals surface area (Å²) in [6, 6.07) is 0. The third kappa shape index (κ3) is 2.82. The van der Waals surface area contributed by atoms with Gasteiger partial charge in [0.15, 0.2) is 5.79 Å². The number of hydrogen-bond acceptors (Lipinski definition) is 5. The molecule has 1 unspecified atom stereocenters. The summed E-state index contributed by atoms with van der Waals surface area (Å²) in [6.07, 6.45) is 5.97. The Balaban J connectivity index is 1.33. The van der Waals surface area contributed by atoms with E-state index in [1.54, 1.807) is 0 Å². The van der Waals surface area contributed by atoms with Gasteiger partial charge in [-0.25, -0.2) is 0 Å². The maximum atomic E-state index is 6.07. The van der Waals surface area contributed by atoms with Gasteiger partial charge in [-0.3, -0.25) is 4.90 Å². The smallest absolute Gasteiger partial charge is 0.163 e. The zero-order valence-corrected chi connectivity index (χ0v) is 13.9. The lowest BCUT2D eigenvalue weighted by Crippen LogP contribution is -2.53. The molecule has 3 aliphatic heterocycles. The summed E-state index contributed by atoms with van der Waals surface area (Å²) in [5, 5.41) is 0. The highest BCUT2D eigenvalue weighted by molar-refractivity contribution is 4.99. The van der Waals surface area contributed by atoms with Crippen molar-refractivity contribution in [2.24, 2.45) is 5.41 Å². The highest BCUT2D eigenvalue weighted by Crippen LogP contribution is 2.51. The van der Waals surface area contributed by atoms with Gasteiger partial charge in [0.1, 0.15) is 6.10 Å². The fraction of sp³-hybridized carbons (Fsp3) is 1.00. The zero-order valence-electron chi connectivity index (χ0n) is 13.9. The van der Waals surface area contributed by atoms with Gasteiger partial charge < -0.3 is 18.9 Å². The molecule has 4 fully saturated rings. The second-order valence-corrected chi connectivity index (χ2v) is 7.86. The van der Waals surface area contributed by atoms with E-state index >= 15 is 0 Å². The van der Waals surface area contributed by atoms with Crippen LogP contribution in [-0.2, 0) is 18.9 Å². The minimum atomic E-state index is -0.471. The van der Waals surface area contributed by atoms with Gasteiger partial charge in [0.05, 0.1) is 25.4 Å². The molecule has 1 spiro atoms. The Kier molecular flexibility index (Phi) is 3.98. The molecular weight excluding hydrogens is 282 g/mol. The summed E-state index contributed by atoms with van der Waals surface area (Å²) in [6.45, 7) is 9.30. The largest absolute Gasteiger partial charge is 0.376 e. The lowest BCUT2D eigenvalue weighted by atomic mass is 9.64. The normalized spacial score (nSPS) is 40.9. The van der Waals surface area contributed by atoms with E-state index in [4.69, 9.17) is 18.9 Å². The Morgan fingerprint density at radius 2 is 1.91 bits per heavy atom. The molecule has 3 atom stereocenters. The van der Waals surface area contributed by atoms with Gasteiger partial charge in [-0.05, 0) is 33.1 Å². The van der Waals surface area contributed by atoms with Crippen molar-refractivity contribution in [3.63, 3.8) is 0 Å². The zero-order chi connectivity index (χ0) is 15.2. The Morgan fingerprint density at radius 3 is 2.59 bits per heavy atom. The van der Waals surface area contributed by atoms with Crippen LogP contribution in [0.15, 0.2) is 0 Å². The molecule has 0 radical (unpaired) electrons. The molecule has 5 nitrogen and oxygen atoms in total. The van der Waals surface area contributed by atoms with Gasteiger partial charge >= 0.3 is 0 Å². The van der Waals surface area contributed by atoms with E-state index < -0.39 is 5.79 Å². The average molecular weight is 311 g/mol. The van der Waals surface area contributed by atoms with Crippen LogP contribution in [0.4, 0.5) is 0 Å². The maximum absolute atomic E-state index is 6.07. The van der Waals surface area contributed by atoms with Crippen LogP contribution in [0.3, 0.4) is 0 Å². The second kappa shape index (κ2) is 5.71. The average Bonchev–Trinajstić information content (AvgIpc) is 3.02. The van der Waals surface area contributed by atoms with Crippen LogP contribution in [0.2, 0.25) is 0 Å². The SMILES string of the molecule is CC1(C)OC[C@@H]([C@@H]2CN(CC3OCCC34CCC4)CCO2)O1. The molecule has 4 rings (SSSR count). The number of morpholine rings is 1. The van der Waals surface area contributed by atoms with Crippen molar-refractivity contribution in [2.75, 3.05) is 39.5 Å². The molecular formula is C17H29NO4. The third-order valence-corrected chi connectivity index (χ3v) is 6.00. The van der Waals surface area contributed by atoms with Crippen LogP contribution in [0, 0.1) is 5.41 Å². The van der Waals surface area contributed by atoms with Crippen molar-refractivity contribution < 1.29 is 18.9 Å². The predicted octanol–water partition coefficient (Wildman–Crippen LogP) is 1.80. The fourth-order valence-corrected chi connectivity index (χ4v) is 4.45. The molecule has 0 amide bonds. The topological polar surface area (TPSA) is 40.2 Å². The molecule has 0 aromatic heterocycles. The summed E-state index contributed by atoms with van der Waals surface area (Å²) in [7, 11) is 0. The molecule has 126 valence electrons. The van der Waals surface area contributed by atoms with Crippen LogP contribution >= 0.6 is 0 Å². The van der Waals surface area contributed by atoms with Crippen LogP contribution < -0.4 is 0 Å². The monoisotopic (exact) mass is 311 g/mol. The molecule has 4 aliphatic rings. The minimum absolute atomic E-state index is 0.0555. The number of hydrogen-bond donors (Lipinski definition) is 0. The molecule has 0 N–H and O–H groups in total. The van der Waals surface area contributed by atoms with Gasteiger partial charge in [-0.2, -0.15) is 0 Å². The first-order valence-electron chi connectivity index (χ1n) is 8.84. The fourth-order valence-electron chi connectivity index (χ4n) is 4.45. The van der Waals surface area contributed by atoms with E-state index in [1.807, 2.05) is 13.8 Å². The number of rotatable bonds is 3. The number of nitrogens with zero attached hydrogens (tertiary/aromatic N) is 1. The van der Waals surface area contributed by atoms with Crippen molar-refractivity contribution in [1.82, 2.24) is 4.90 Å². The third-order valence-electron chi connectivity index (χ3n) is 6.00. The van der Waals surface area contributed by atoms with Gasteiger partial charge in [-0.15, -0.1) is 0 Å². The predicted molar refractivity (Wildman–Crippen MR) is 81.7 cm³/mol. The van der Waals surface area contributed by atoms with Gasteiger partial charge in [0.2, 0.25) is 0 Å². The summed E-state index contributed by atoms with van der Waals surface area (Å²) in [5.74, 6) is -0.471. The van der Waals surface area contributed by atoms with Gasteiger partial charge in [0, 0.05) is 31.7 Å². The van der Waals surface area contributed by atoms with Crippen LogP contribution in [0.5, 0.6) is 0 Å². The Bertz CT molecular complexity index is 409. The first kappa shape index (κ1) is 15.3. The highest BCUT2D eigenvalue weighted by atomic mass is 16.7. The lowest BCUT2D eigenvalue weighted by molar-refractivity contribution is -0.167. The molecule has 0 aromatic carbocycles. The van der Waals surface area contributed by atoms with Crippen molar-refractivity contribution in [1.29, 1.82) is 0 Å². The van der Waals surface area contributed by atoms with Gasteiger partial charge in [0.25, 0.3) is 0 Å². The Morgan fingerprint density at radius 1 is 1.05 bits per heavy atom. The molecule has 3 heterocycles. The Hall–Kier alpha value is -0.200. The second-order valence-electron chi connectivity index (χ2n) is 7.86. The van der Waals surface area contributed by atoms with E-state index in [9.17, 15) is 0 Å². The van der Waals surface area contributed by atoms with Crippen LogP contribution in [-0.4, -0.2) is 68.5 Å². The molecule has 5 heteroatoms. The van der Waals surface area contributed by atoms with Crippen molar-refractivity contribution >= 4 is 0 Å². The first-order valence-corrected chi connectivity index (χ1v) is 8.84. The van der Waals surface area contributed by atoms with E-state index in [0.29, 0.717) is 18.1 Å². The summed E-state index contributed by atoms with van der Waals surface area (Å²) < 4.78 is 23.7. The van der Waals surface area contributed by atoms with Crippen molar-refractivity contribution in [3.05, 3.63) is 0 Å². The van der Waals surface area contributed by atoms with E-state index in [-0.39, 0.29) is 12.2 Å². The molecule has 0 aromatic rings. The van der Waals surface area contributed by atoms with Crippen LogP contribution in [0.25, 0.3) is 0 Å². The lowest BCUT2D eigenvalue weighted by Gasteiger charge is -2.45. The molecule has 22 heavy (non-hydrogen) atoms. The summed E-state index contributed by atoms with van der Waals surface area (Å²) >= 11 is 0.